The molecule has 0 saturated heterocycles. The minimum Gasteiger partial charge on any atom is -0.481 e. The number of alkyl halides is 3. The van der Waals surface area contributed by atoms with Crippen molar-refractivity contribution in [2.24, 2.45) is 5.92 Å². The van der Waals surface area contributed by atoms with Crippen molar-refractivity contribution in [3.05, 3.63) is 23.8 Å². The average Bonchev–Trinajstić information content (AvgIpc) is 2.46. The number of nitrogens with one attached hydrogen (secondary N) is 2. The second-order valence-corrected chi connectivity index (χ2v) is 5.49. The van der Waals surface area contributed by atoms with E-state index in [1.54, 1.807) is 0 Å². The first-order chi connectivity index (χ1) is 11.4. The first-order valence-electron chi connectivity index (χ1n) is 7.15. The van der Waals surface area contributed by atoms with Crippen LogP contribution in [0.5, 0.6) is 0 Å². The number of aliphatic carboxylic acids is 1. The van der Waals surface area contributed by atoms with Crippen LogP contribution in [0.2, 0.25) is 0 Å². The molecule has 0 aliphatic rings. The van der Waals surface area contributed by atoms with Gasteiger partial charge in [0.25, 0.3) is 0 Å². The summed E-state index contributed by atoms with van der Waals surface area (Å²) in [4.78, 5) is 34.7. The van der Waals surface area contributed by atoms with Crippen molar-refractivity contribution >= 4 is 29.3 Å². The van der Waals surface area contributed by atoms with Gasteiger partial charge in [0.2, 0.25) is 5.91 Å². The molecule has 3 amide bonds. The van der Waals surface area contributed by atoms with Crippen LogP contribution in [-0.4, -0.2) is 41.5 Å². The number of carbonyl (C=O) groups is 3. The maximum atomic E-state index is 13.2. The number of nitrogens with zero attached hydrogens (tertiary/aromatic N) is 1. The molecular formula is C15H18F3N3O4. The Hall–Kier alpha value is -2.78. The highest BCUT2D eigenvalue weighted by Crippen LogP contribution is 2.36. The Morgan fingerprint density at radius 3 is 2.32 bits per heavy atom. The van der Waals surface area contributed by atoms with E-state index in [1.165, 1.54) is 20.0 Å². The number of benzene rings is 1. The Bertz CT molecular complexity index is 676. The number of carbonyl (C=O) groups excluding carboxylic acids is 2. The van der Waals surface area contributed by atoms with Crippen LogP contribution < -0.4 is 10.6 Å². The van der Waals surface area contributed by atoms with Crippen LogP contribution >= 0.6 is 0 Å². The molecule has 1 atom stereocenters. The van der Waals surface area contributed by atoms with Crippen molar-refractivity contribution < 1.29 is 32.7 Å². The second-order valence-electron chi connectivity index (χ2n) is 5.49. The maximum Gasteiger partial charge on any atom is 0.418 e. The third-order valence-corrected chi connectivity index (χ3v) is 3.20. The van der Waals surface area contributed by atoms with Gasteiger partial charge in [0.1, 0.15) is 0 Å². The van der Waals surface area contributed by atoms with Gasteiger partial charge in [0.05, 0.1) is 17.2 Å². The van der Waals surface area contributed by atoms with Crippen LogP contribution in [0, 0.1) is 5.92 Å². The Morgan fingerprint density at radius 2 is 1.84 bits per heavy atom. The molecule has 0 fully saturated rings. The fourth-order valence-electron chi connectivity index (χ4n) is 1.95. The molecule has 0 heterocycles. The topological polar surface area (TPSA) is 98.7 Å². The number of rotatable bonds is 5. The van der Waals surface area contributed by atoms with E-state index in [4.69, 9.17) is 5.11 Å². The van der Waals surface area contributed by atoms with Crippen molar-refractivity contribution in [2.45, 2.75) is 20.0 Å². The van der Waals surface area contributed by atoms with Gasteiger partial charge in [-0.15, -0.1) is 0 Å². The molecule has 1 aromatic carbocycles. The molecule has 1 aromatic rings. The summed E-state index contributed by atoms with van der Waals surface area (Å²) >= 11 is 0. The van der Waals surface area contributed by atoms with E-state index >= 15 is 0 Å². The Labute approximate surface area is 141 Å². The molecule has 1 rings (SSSR count). The van der Waals surface area contributed by atoms with E-state index in [9.17, 15) is 27.6 Å². The molecule has 138 valence electrons. The van der Waals surface area contributed by atoms with Crippen molar-refractivity contribution in [1.82, 2.24) is 4.90 Å². The molecule has 0 aromatic heterocycles. The second kappa shape index (κ2) is 7.86. The number of amides is 3. The number of halogens is 3. The predicted molar refractivity (Wildman–Crippen MR) is 84.2 cm³/mol. The lowest BCUT2D eigenvalue weighted by atomic mass is 10.1. The van der Waals surface area contributed by atoms with E-state index in [0.717, 1.165) is 17.9 Å². The Kier molecular flexibility index (Phi) is 6.37. The van der Waals surface area contributed by atoms with Crippen LogP contribution in [0.3, 0.4) is 0 Å². The van der Waals surface area contributed by atoms with Gasteiger partial charge in [0, 0.05) is 26.2 Å². The van der Waals surface area contributed by atoms with Crippen LogP contribution in [-0.2, 0) is 15.8 Å². The molecule has 0 aliphatic heterocycles. The summed E-state index contributed by atoms with van der Waals surface area (Å²) < 4.78 is 39.5. The first-order valence-corrected chi connectivity index (χ1v) is 7.15. The third-order valence-electron chi connectivity index (χ3n) is 3.20. The van der Waals surface area contributed by atoms with Crippen LogP contribution in [0.4, 0.5) is 29.3 Å². The highest BCUT2D eigenvalue weighted by Gasteiger charge is 2.34. The highest BCUT2D eigenvalue weighted by atomic mass is 19.4. The summed E-state index contributed by atoms with van der Waals surface area (Å²) in [6.45, 7) is 2.35. The number of anilines is 2. The van der Waals surface area contributed by atoms with E-state index in [0.29, 0.717) is 6.07 Å². The van der Waals surface area contributed by atoms with Gasteiger partial charge < -0.3 is 20.6 Å². The fourth-order valence-corrected chi connectivity index (χ4v) is 1.95. The van der Waals surface area contributed by atoms with Crippen LogP contribution in [0.15, 0.2) is 18.2 Å². The molecular weight excluding hydrogens is 343 g/mol. The van der Waals surface area contributed by atoms with Gasteiger partial charge in [-0.25, -0.2) is 4.79 Å². The summed E-state index contributed by atoms with van der Waals surface area (Å²) in [5, 5.41) is 13.1. The number of hydrogen-bond donors (Lipinski definition) is 3. The van der Waals surface area contributed by atoms with Gasteiger partial charge in [-0.3, -0.25) is 9.59 Å². The molecule has 0 aliphatic carbocycles. The quantitative estimate of drug-likeness (QED) is 0.751. The zero-order chi connectivity index (χ0) is 19.4. The van der Waals surface area contributed by atoms with Crippen LogP contribution in [0.25, 0.3) is 0 Å². The minimum absolute atomic E-state index is 0.0642. The molecule has 0 spiro atoms. The zero-order valence-electron chi connectivity index (χ0n) is 13.8. The van der Waals surface area contributed by atoms with E-state index in [1.807, 2.05) is 0 Å². The summed E-state index contributed by atoms with van der Waals surface area (Å²) in [5.74, 6) is -2.54. The van der Waals surface area contributed by atoms with Crippen LogP contribution in [0.1, 0.15) is 19.4 Å². The fraction of sp³-hybridized carbons (Fsp3) is 0.400. The standard InChI is InChI=1S/C15H18F3N3O4/c1-8(13(23)24)7-21(3)14(25)20-12-5-4-10(19-9(2)22)6-11(12)15(16,17)18/h4-6,8H,7H2,1-3H3,(H,19,22)(H,20,25)(H,23,24). The Morgan fingerprint density at radius 1 is 1.24 bits per heavy atom. The summed E-state index contributed by atoms with van der Waals surface area (Å²) in [5.41, 5.74) is -1.70. The number of urea groups is 1. The lowest BCUT2D eigenvalue weighted by Crippen LogP contribution is -2.37. The monoisotopic (exact) mass is 361 g/mol. The Balaban J connectivity index is 3.02. The smallest absolute Gasteiger partial charge is 0.418 e. The van der Waals surface area contributed by atoms with Gasteiger partial charge in [-0.05, 0) is 18.2 Å². The lowest BCUT2D eigenvalue weighted by molar-refractivity contribution is -0.141. The number of hydrogen-bond acceptors (Lipinski definition) is 3. The molecule has 0 bridgehead atoms. The van der Waals surface area contributed by atoms with Gasteiger partial charge in [0.15, 0.2) is 0 Å². The van der Waals surface area contributed by atoms with E-state index < -0.39 is 41.3 Å². The predicted octanol–water partition coefficient (Wildman–Crippen LogP) is 2.85. The van der Waals surface area contributed by atoms with E-state index in [-0.39, 0.29) is 12.2 Å². The molecule has 0 radical (unpaired) electrons. The minimum atomic E-state index is -4.76. The first kappa shape index (κ1) is 20.3. The molecule has 7 nitrogen and oxygen atoms in total. The molecule has 0 saturated carbocycles. The molecule has 1 unspecified atom stereocenters. The average molecular weight is 361 g/mol. The van der Waals surface area contributed by atoms with Crippen molar-refractivity contribution in [1.29, 1.82) is 0 Å². The summed E-state index contributed by atoms with van der Waals surface area (Å²) in [7, 11) is 1.27. The molecule has 10 heteroatoms. The third kappa shape index (κ3) is 5.98. The maximum absolute atomic E-state index is 13.2. The highest BCUT2D eigenvalue weighted by molar-refractivity contribution is 5.92. The van der Waals surface area contributed by atoms with E-state index in [2.05, 4.69) is 10.6 Å². The molecule has 3 N–H and O–H groups in total. The molecule has 25 heavy (non-hydrogen) atoms. The van der Waals surface area contributed by atoms with Crippen molar-refractivity contribution in [3.63, 3.8) is 0 Å². The summed E-state index contributed by atoms with van der Waals surface area (Å²) in [6, 6.07) is 2.05. The summed E-state index contributed by atoms with van der Waals surface area (Å²) in [6.07, 6.45) is -4.76. The van der Waals surface area contributed by atoms with Gasteiger partial charge in [-0.1, -0.05) is 6.92 Å². The number of carboxylic acid groups (broad SMARTS) is 1. The normalized spacial score (nSPS) is 12.2. The largest absolute Gasteiger partial charge is 0.481 e. The zero-order valence-corrected chi connectivity index (χ0v) is 13.8. The SMILES string of the molecule is CC(=O)Nc1ccc(NC(=O)N(C)CC(C)C(=O)O)c(C(F)(F)F)c1. The van der Waals surface area contributed by atoms with Gasteiger partial charge in [-0.2, -0.15) is 13.2 Å². The van der Waals surface area contributed by atoms with Crippen molar-refractivity contribution in [2.75, 3.05) is 24.2 Å². The van der Waals surface area contributed by atoms with Crippen molar-refractivity contribution in [3.8, 4) is 0 Å². The van der Waals surface area contributed by atoms with Gasteiger partial charge >= 0.3 is 18.2 Å². The lowest BCUT2D eigenvalue weighted by Gasteiger charge is -2.22. The number of carboxylic acids is 1.